The molecule has 100 valence electrons. The van der Waals surface area contributed by atoms with Gasteiger partial charge in [0, 0.05) is 26.2 Å². The molecule has 1 saturated heterocycles. The summed E-state index contributed by atoms with van der Waals surface area (Å²) in [7, 11) is -0.844. The van der Waals surface area contributed by atoms with E-state index < -0.39 is 9.84 Å². The van der Waals surface area contributed by atoms with Gasteiger partial charge in [-0.25, -0.2) is 8.42 Å². The Hall–Kier alpha value is -0.910. The predicted molar refractivity (Wildman–Crippen MR) is 73.1 cm³/mol. The van der Waals surface area contributed by atoms with Crippen molar-refractivity contribution in [3.63, 3.8) is 0 Å². The Morgan fingerprint density at radius 1 is 1.22 bits per heavy atom. The zero-order chi connectivity index (χ0) is 13.0. The number of nitrogens with one attached hydrogen (secondary N) is 1. The molecule has 1 fully saturated rings. The Morgan fingerprint density at radius 3 is 2.56 bits per heavy atom. The molecular weight excluding hydrogens is 248 g/mol. The largest absolute Gasteiger partial charge is 0.316 e. The lowest BCUT2D eigenvalue weighted by molar-refractivity contribution is 0.287. The molecule has 1 aliphatic rings. The minimum Gasteiger partial charge on any atom is -0.316 e. The van der Waals surface area contributed by atoms with E-state index in [1.165, 1.54) is 11.1 Å². The van der Waals surface area contributed by atoms with Crippen molar-refractivity contribution in [3.05, 3.63) is 35.4 Å². The van der Waals surface area contributed by atoms with Crippen LogP contribution in [0, 0.1) is 0 Å². The quantitative estimate of drug-likeness (QED) is 0.870. The minimum absolute atomic E-state index is 0.295. The SMILES string of the molecule is CNCc1cccc(CN2CCS(=O)(=O)CC2)c1. The minimum atomic E-state index is -2.78. The molecule has 0 spiro atoms. The molecule has 0 atom stereocenters. The van der Waals surface area contributed by atoms with Crippen molar-refractivity contribution in [1.29, 1.82) is 0 Å². The van der Waals surface area contributed by atoms with Crippen LogP contribution >= 0.6 is 0 Å². The maximum atomic E-state index is 11.4. The summed E-state index contributed by atoms with van der Waals surface area (Å²) in [5.41, 5.74) is 2.52. The molecule has 1 N–H and O–H groups in total. The van der Waals surface area contributed by atoms with Crippen molar-refractivity contribution in [2.75, 3.05) is 31.6 Å². The van der Waals surface area contributed by atoms with Gasteiger partial charge in [-0.3, -0.25) is 4.90 Å². The third-order valence-corrected chi connectivity index (χ3v) is 4.82. The summed E-state index contributed by atoms with van der Waals surface area (Å²) >= 11 is 0. The van der Waals surface area contributed by atoms with Gasteiger partial charge in [0.15, 0.2) is 9.84 Å². The molecule has 0 unspecified atom stereocenters. The average Bonchev–Trinajstić information content (AvgIpc) is 2.33. The van der Waals surface area contributed by atoms with E-state index in [1.807, 2.05) is 7.05 Å². The summed E-state index contributed by atoms with van der Waals surface area (Å²) in [5, 5.41) is 3.13. The van der Waals surface area contributed by atoms with Gasteiger partial charge in [0.1, 0.15) is 0 Å². The third kappa shape index (κ3) is 3.80. The van der Waals surface area contributed by atoms with Crippen LogP contribution in [0.2, 0.25) is 0 Å². The molecule has 1 aromatic carbocycles. The lowest BCUT2D eigenvalue weighted by Crippen LogP contribution is -2.39. The maximum Gasteiger partial charge on any atom is 0.152 e. The van der Waals surface area contributed by atoms with Crippen LogP contribution in [0.4, 0.5) is 0 Å². The van der Waals surface area contributed by atoms with E-state index in [9.17, 15) is 8.42 Å². The number of sulfone groups is 1. The monoisotopic (exact) mass is 268 g/mol. The highest BCUT2D eigenvalue weighted by Crippen LogP contribution is 2.11. The van der Waals surface area contributed by atoms with Gasteiger partial charge < -0.3 is 5.32 Å². The van der Waals surface area contributed by atoms with E-state index in [2.05, 4.69) is 34.5 Å². The normalized spacial score (nSPS) is 19.8. The van der Waals surface area contributed by atoms with E-state index >= 15 is 0 Å². The van der Waals surface area contributed by atoms with Gasteiger partial charge in [0.05, 0.1) is 11.5 Å². The summed E-state index contributed by atoms with van der Waals surface area (Å²) in [6.45, 7) is 3.01. The molecule has 1 aliphatic heterocycles. The molecular formula is C13H20N2O2S. The maximum absolute atomic E-state index is 11.4. The second-order valence-corrected chi connectivity index (χ2v) is 7.08. The van der Waals surface area contributed by atoms with E-state index in [0.29, 0.717) is 24.6 Å². The number of hydrogen-bond donors (Lipinski definition) is 1. The highest BCUT2D eigenvalue weighted by atomic mass is 32.2. The molecule has 5 heteroatoms. The van der Waals surface area contributed by atoms with Crippen LogP contribution in [0.15, 0.2) is 24.3 Å². The molecule has 1 aromatic rings. The van der Waals surface area contributed by atoms with Gasteiger partial charge >= 0.3 is 0 Å². The highest BCUT2D eigenvalue weighted by Gasteiger charge is 2.21. The number of nitrogens with zero attached hydrogens (tertiary/aromatic N) is 1. The smallest absolute Gasteiger partial charge is 0.152 e. The zero-order valence-electron chi connectivity index (χ0n) is 10.7. The zero-order valence-corrected chi connectivity index (χ0v) is 11.5. The van der Waals surface area contributed by atoms with E-state index in [1.54, 1.807) is 0 Å². The first-order valence-electron chi connectivity index (χ1n) is 6.24. The topological polar surface area (TPSA) is 49.4 Å². The summed E-state index contributed by atoms with van der Waals surface area (Å²) in [6.07, 6.45) is 0. The van der Waals surface area contributed by atoms with E-state index in [4.69, 9.17) is 0 Å². The van der Waals surface area contributed by atoms with Crippen molar-refractivity contribution in [2.24, 2.45) is 0 Å². The predicted octanol–water partition coefficient (Wildman–Crippen LogP) is 0.636. The van der Waals surface area contributed by atoms with Gasteiger partial charge in [-0.2, -0.15) is 0 Å². The van der Waals surface area contributed by atoms with Gasteiger partial charge in [-0.05, 0) is 18.2 Å². The van der Waals surface area contributed by atoms with Crippen LogP contribution in [-0.4, -0.2) is 45.0 Å². The van der Waals surface area contributed by atoms with Crippen LogP contribution in [0.1, 0.15) is 11.1 Å². The lowest BCUT2D eigenvalue weighted by Gasteiger charge is -2.26. The van der Waals surface area contributed by atoms with E-state index in [0.717, 1.165) is 13.1 Å². The van der Waals surface area contributed by atoms with Crippen LogP contribution in [-0.2, 0) is 22.9 Å². The average molecular weight is 268 g/mol. The summed E-state index contributed by atoms with van der Waals surface area (Å²) in [5.74, 6) is 0.590. The third-order valence-electron chi connectivity index (χ3n) is 3.22. The lowest BCUT2D eigenvalue weighted by atomic mass is 10.1. The van der Waals surface area contributed by atoms with Gasteiger partial charge in [-0.1, -0.05) is 24.3 Å². The molecule has 0 radical (unpaired) electrons. The Kier molecular flexibility index (Phi) is 4.37. The number of rotatable bonds is 4. The first-order valence-corrected chi connectivity index (χ1v) is 8.06. The van der Waals surface area contributed by atoms with Gasteiger partial charge in [-0.15, -0.1) is 0 Å². The van der Waals surface area contributed by atoms with E-state index in [-0.39, 0.29) is 0 Å². The van der Waals surface area contributed by atoms with Crippen LogP contribution in [0.25, 0.3) is 0 Å². The van der Waals surface area contributed by atoms with Crippen molar-refractivity contribution in [1.82, 2.24) is 10.2 Å². The summed E-state index contributed by atoms with van der Waals surface area (Å²) < 4.78 is 22.7. The van der Waals surface area contributed by atoms with Gasteiger partial charge in [0.2, 0.25) is 0 Å². The number of benzene rings is 1. The summed E-state index contributed by atoms with van der Waals surface area (Å²) in [4.78, 5) is 2.21. The second-order valence-electron chi connectivity index (χ2n) is 4.78. The first kappa shape index (κ1) is 13.5. The molecule has 0 saturated carbocycles. The fourth-order valence-electron chi connectivity index (χ4n) is 2.21. The van der Waals surface area contributed by atoms with Crippen LogP contribution < -0.4 is 5.32 Å². The van der Waals surface area contributed by atoms with Gasteiger partial charge in [0.25, 0.3) is 0 Å². The Bertz CT molecular complexity index is 485. The molecule has 18 heavy (non-hydrogen) atoms. The summed E-state index contributed by atoms with van der Waals surface area (Å²) in [6, 6.07) is 8.44. The number of hydrogen-bond acceptors (Lipinski definition) is 4. The van der Waals surface area contributed by atoms with Crippen molar-refractivity contribution in [3.8, 4) is 0 Å². The molecule has 0 bridgehead atoms. The molecule has 1 heterocycles. The molecule has 0 amide bonds. The highest BCUT2D eigenvalue weighted by molar-refractivity contribution is 7.91. The Balaban J connectivity index is 1.95. The van der Waals surface area contributed by atoms with Crippen LogP contribution in [0.5, 0.6) is 0 Å². The molecule has 0 aromatic heterocycles. The molecule has 4 nitrogen and oxygen atoms in total. The Morgan fingerprint density at radius 2 is 1.89 bits per heavy atom. The fraction of sp³-hybridized carbons (Fsp3) is 0.538. The molecule has 2 rings (SSSR count). The molecule has 0 aliphatic carbocycles. The fourth-order valence-corrected chi connectivity index (χ4v) is 3.49. The van der Waals surface area contributed by atoms with Crippen molar-refractivity contribution in [2.45, 2.75) is 13.1 Å². The van der Waals surface area contributed by atoms with Crippen molar-refractivity contribution < 1.29 is 8.42 Å². The Labute approximate surface area is 109 Å². The second kappa shape index (κ2) is 5.82. The standard InChI is InChI=1S/C13H20N2O2S/c1-14-10-12-3-2-4-13(9-12)11-15-5-7-18(16,17)8-6-15/h2-4,9,14H,5-8,10-11H2,1H3. The first-order chi connectivity index (χ1) is 8.59. The van der Waals surface area contributed by atoms with Crippen LogP contribution in [0.3, 0.4) is 0 Å². The van der Waals surface area contributed by atoms with Crippen molar-refractivity contribution >= 4 is 9.84 Å².